The minimum atomic E-state index is 0.545. The summed E-state index contributed by atoms with van der Waals surface area (Å²) >= 11 is 0. The molecule has 0 radical (unpaired) electrons. The molecule has 96 valence electrons. The Hall–Kier alpha value is -2.11. The zero-order chi connectivity index (χ0) is 13.1. The molecule has 0 aliphatic heterocycles. The average molecular weight is 248 g/mol. The van der Waals surface area contributed by atoms with E-state index in [9.17, 15) is 0 Å². The first kappa shape index (κ1) is 12.3. The molecule has 0 aromatic carbocycles. The van der Waals surface area contributed by atoms with Crippen LogP contribution in [0.1, 0.15) is 22.8 Å². The summed E-state index contributed by atoms with van der Waals surface area (Å²) in [6.45, 7) is 6.24. The van der Waals surface area contributed by atoms with E-state index in [2.05, 4.69) is 20.4 Å². The molecular weight excluding hydrogens is 232 g/mol. The minimum Gasteiger partial charge on any atom is -0.481 e. The lowest BCUT2D eigenvalue weighted by molar-refractivity contribution is 0.392. The van der Waals surface area contributed by atoms with E-state index in [1.54, 1.807) is 13.2 Å². The van der Waals surface area contributed by atoms with Gasteiger partial charge >= 0.3 is 0 Å². The molecule has 0 spiro atoms. The van der Waals surface area contributed by atoms with Gasteiger partial charge in [0.1, 0.15) is 17.4 Å². The summed E-state index contributed by atoms with van der Waals surface area (Å²) in [5.74, 6) is 2.75. The number of hydrogen-bond donors (Lipinski definition) is 1. The summed E-state index contributed by atoms with van der Waals surface area (Å²) in [5, 5.41) is 7.12. The van der Waals surface area contributed by atoms with Gasteiger partial charge < -0.3 is 14.6 Å². The fraction of sp³-hybridized carbons (Fsp3) is 0.417. The predicted molar refractivity (Wildman–Crippen MR) is 66.6 cm³/mol. The van der Waals surface area contributed by atoms with Crippen LogP contribution in [0, 0.1) is 20.8 Å². The van der Waals surface area contributed by atoms with Crippen LogP contribution in [0.25, 0.3) is 0 Å². The van der Waals surface area contributed by atoms with Crippen molar-refractivity contribution in [3.63, 3.8) is 0 Å². The molecule has 2 aromatic rings. The molecule has 1 N–H and O–H groups in total. The van der Waals surface area contributed by atoms with Gasteiger partial charge in [-0.1, -0.05) is 5.16 Å². The van der Waals surface area contributed by atoms with Crippen LogP contribution in [-0.4, -0.2) is 22.2 Å². The number of nitrogens with zero attached hydrogens (tertiary/aromatic N) is 3. The lowest BCUT2D eigenvalue weighted by Gasteiger charge is -2.07. The van der Waals surface area contributed by atoms with Crippen molar-refractivity contribution < 1.29 is 9.26 Å². The van der Waals surface area contributed by atoms with Crippen molar-refractivity contribution in [2.75, 3.05) is 12.4 Å². The van der Waals surface area contributed by atoms with Crippen molar-refractivity contribution in [3.05, 3.63) is 28.9 Å². The van der Waals surface area contributed by atoms with Gasteiger partial charge in [-0.05, 0) is 20.8 Å². The highest BCUT2D eigenvalue weighted by Gasteiger charge is 2.09. The lowest BCUT2D eigenvalue weighted by atomic mass is 10.2. The fourth-order valence-electron chi connectivity index (χ4n) is 1.67. The van der Waals surface area contributed by atoms with Gasteiger partial charge in [0.25, 0.3) is 0 Å². The molecule has 18 heavy (non-hydrogen) atoms. The lowest BCUT2D eigenvalue weighted by Crippen LogP contribution is -2.05. The van der Waals surface area contributed by atoms with E-state index in [1.165, 1.54) is 0 Å². The van der Waals surface area contributed by atoms with Crippen LogP contribution in [0.2, 0.25) is 0 Å². The Kier molecular flexibility index (Phi) is 3.45. The second-order valence-corrected chi connectivity index (χ2v) is 4.00. The highest BCUT2D eigenvalue weighted by molar-refractivity contribution is 5.40. The normalized spacial score (nSPS) is 10.4. The summed E-state index contributed by atoms with van der Waals surface area (Å²) in [6.07, 6.45) is 0. The molecule has 0 bridgehead atoms. The van der Waals surface area contributed by atoms with E-state index >= 15 is 0 Å². The molecule has 0 aliphatic rings. The van der Waals surface area contributed by atoms with Crippen molar-refractivity contribution in [2.24, 2.45) is 0 Å². The molecule has 2 aromatic heterocycles. The number of nitrogens with one attached hydrogen (secondary N) is 1. The number of methoxy groups -OCH3 is 1. The summed E-state index contributed by atoms with van der Waals surface area (Å²) < 4.78 is 10.2. The molecule has 0 saturated heterocycles. The van der Waals surface area contributed by atoms with Crippen molar-refractivity contribution in [1.82, 2.24) is 15.1 Å². The first-order valence-corrected chi connectivity index (χ1v) is 5.65. The minimum absolute atomic E-state index is 0.545. The van der Waals surface area contributed by atoms with E-state index in [-0.39, 0.29) is 0 Å². The van der Waals surface area contributed by atoms with Gasteiger partial charge in [0.05, 0.1) is 12.8 Å². The molecule has 0 aliphatic carbocycles. The Balaban J connectivity index is 2.13. The highest BCUT2D eigenvalue weighted by atomic mass is 16.5. The maximum Gasteiger partial charge on any atom is 0.218 e. The van der Waals surface area contributed by atoms with Crippen LogP contribution in [-0.2, 0) is 6.54 Å². The van der Waals surface area contributed by atoms with E-state index in [0.29, 0.717) is 18.2 Å². The molecule has 6 nitrogen and oxygen atoms in total. The standard InChI is InChI=1S/C12H16N4O2/c1-7-10(8(2)18-16-7)6-13-11-5-12(17-4)15-9(3)14-11/h5H,6H2,1-4H3,(H,13,14,15). The van der Waals surface area contributed by atoms with Crippen LogP contribution >= 0.6 is 0 Å². The number of aryl methyl sites for hydroxylation is 3. The Morgan fingerprint density at radius 2 is 2.06 bits per heavy atom. The summed E-state index contributed by atoms with van der Waals surface area (Å²) in [6, 6.07) is 1.76. The van der Waals surface area contributed by atoms with Gasteiger partial charge in [0.15, 0.2) is 0 Å². The van der Waals surface area contributed by atoms with Crippen LogP contribution < -0.4 is 10.1 Å². The number of anilines is 1. The molecule has 0 amide bonds. The Morgan fingerprint density at radius 3 is 2.67 bits per heavy atom. The largest absolute Gasteiger partial charge is 0.481 e. The second kappa shape index (κ2) is 5.03. The van der Waals surface area contributed by atoms with E-state index in [4.69, 9.17) is 9.26 Å². The first-order valence-electron chi connectivity index (χ1n) is 5.65. The molecule has 0 unspecified atom stereocenters. The number of aromatic nitrogens is 3. The maximum absolute atomic E-state index is 5.10. The molecule has 0 atom stereocenters. The van der Waals surface area contributed by atoms with Crippen LogP contribution in [0.15, 0.2) is 10.6 Å². The Morgan fingerprint density at radius 1 is 1.28 bits per heavy atom. The molecule has 0 saturated carbocycles. The van der Waals surface area contributed by atoms with Gasteiger partial charge in [0, 0.05) is 18.2 Å². The summed E-state index contributed by atoms with van der Waals surface area (Å²) in [7, 11) is 1.58. The van der Waals surface area contributed by atoms with Gasteiger partial charge in [-0.15, -0.1) is 0 Å². The highest BCUT2D eigenvalue weighted by Crippen LogP contribution is 2.16. The maximum atomic E-state index is 5.10. The molecule has 0 fully saturated rings. The summed E-state index contributed by atoms with van der Waals surface area (Å²) in [5.41, 5.74) is 1.93. The second-order valence-electron chi connectivity index (χ2n) is 4.00. The van der Waals surface area contributed by atoms with Crippen molar-refractivity contribution in [2.45, 2.75) is 27.3 Å². The number of ether oxygens (including phenoxy) is 1. The zero-order valence-electron chi connectivity index (χ0n) is 10.9. The van der Waals surface area contributed by atoms with E-state index < -0.39 is 0 Å². The number of rotatable bonds is 4. The Labute approximate surface area is 105 Å². The Bertz CT molecular complexity index is 532. The third-order valence-corrected chi connectivity index (χ3v) is 2.65. The zero-order valence-corrected chi connectivity index (χ0v) is 10.9. The molecular formula is C12H16N4O2. The predicted octanol–water partition coefficient (Wildman–Crippen LogP) is 2.01. The first-order chi connectivity index (χ1) is 8.60. The third kappa shape index (κ3) is 2.58. The summed E-state index contributed by atoms with van der Waals surface area (Å²) in [4.78, 5) is 8.42. The topological polar surface area (TPSA) is 73.1 Å². The van der Waals surface area contributed by atoms with Crippen molar-refractivity contribution in [1.29, 1.82) is 0 Å². The monoisotopic (exact) mass is 248 g/mol. The SMILES string of the molecule is COc1cc(NCc2c(C)noc2C)nc(C)n1. The third-order valence-electron chi connectivity index (χ3n) is 2.65. The average Bonchev–Trinajstić information content (AvgIpc) is 2.66. The van der Waals surface area contributed by atoms with Gasteiger partial charge in [-0.25, -0.2) is 4.98 Å². The van der Waals surface area contributed by atoms with E-state index in [1.807, 2.05) is 20.8 Å². The van der Waals surface area contributed by atoms with E-state index in [0.717, 1.165) is 22.8 Å². The van der Waals surface area contributed by atoms with Gasteiger partial charge in [0.2, 0.25) is 5.88 Å². The van der Waals surface area contributed by atoms with Gasteiger partial charge in [-0.3, -0.25) is 0 Å². The van der Waals surface area contributed by atoms with Crippen LogP contribution in [0.3, 0.4) is 0 Å². The quantitative estimate of drug-likeness (QED) is 0.892. The smallest absolute Gasteiger partial charge is 0.218 e. The molecule has 6 heteroatoms. The molecule has 2 rings (SSSR count). The number of hydrogen-bond acceptors (Lipinski definition) is 6. The van der Waals surface area contributed by atoms with Gasteiger partial charge in [-0.2, -0.15) is 4.98 Å². The fourth-order valence-corrected chi connectivity index (χ4v) is 1.67. The van der Waals surface area contributed by atoms with Crippen LogP contribution in [0.4, 0.5) is 5.82 Å². The van der Waals surface area contributed by atoms with Crippen LogP contribution in [0.5, 0.6) is 5.88 Å². The van der Waals surface area contributed by atoms with Crippen molar-refractivity contribution in [3.8, 4) is 5.88 Å². The van der Waals surface area contributed by atoms with Crippen molar-refractivity contribution >= 4 is 5.82 Å². The molecule has 2 heterocycles.